The summed E-state index contributed by atoms with van der Waals surface area (Å²) >= 11 is 0. The van der Waals surface area contributed by atoms with Gasteiger partial charge in [-0.3, -0.25) is 0 Å². The SMILES string of the molecule is COc1cc(C)cc(C)c1C(N)CC(C)OC. The minimum Gasteiger partial charge on any atom is -0.496 e. The highest BCUT2D eigenvalue weighted by molar-refractivity contribution is 5.44. The van der Waals surface area contributed by atoms with Crippen LogP contribution in [0.3, 0.4) is 0 Å². The number of hydrogen-bond donors (Lipinski definition) is 1. The zero-order valence-corrected chi connectivity index (χ0v) is 11.4. The number of methoxy groups -OCH3 is 2. The minimum absolute atomic E-state index is 0.0551. The maximum atomic E-state index is 6.24. The lowest BCUT2D eigenvalue weighted by atomic mass is 9.95. The van der Waals surface area contributed by atoms with Crippen molar-refractivity contribution in [3.8, 4) is 5.75 Å². The first-order valence-corrected chi connectivity index (χ1v) is 5.93. The van der Waals surface area contributed by atoms with Crippen LogP contribution in [0.2, 0.25) is 0 Å². The quantitative estimate of drug-likeness (QED) is 0.856. The second-order valence-electron chi connectivity index (χ2n) is 4.59. The van der Waals surface area contributed by atoms with E-state index in [1.807, 2.05) is 13.0 Å². The van der Waals surface area contributed by atoms with Crippen LogP contribution in [0.5, 0.6) is 5.75 Å². The molecule has 0 heterocycles. The fourth-order valence-electron chi connectivity index (χ4n) is 2.16. The Labute approximate surface area is 104 Å². The van der Waals surface area contributed by atoms with Crippen molar-refractivity contribution in [1.29, 1.82) is 0 Å². The summed E-state index contributed by atoms with van der Waals surface area (Å²) in [5.41, 5.74) is 9.69. The number of hydrogen-bond acceptors (Lipinski definition) is 3. The predicted molar refractivity (Wildman–Crippen MR) is 70.5 cm³/mol. The summed E-state index contributed by atoms with van der Waals surface area (Å²) < 4.78 is 10.7. The number of nitrogens with two attached hydrogens (primary N) is 1. The summed E-state index contributed by atoms with van der Waals surface area (Å²) in [6.45, 7) is 6.15. The summed E-state index contributed by atoms with van der Waals surface area (Å²) in [4.78, 5) is 0. The average Bonchev–Trinajstić information content (AvgIpc) is 2.27. The molecule has 1 aromatic carbocycles. The van der Waals surface area contributed by atoms with Crippen molar-refractivity contribution in [3.05, 3.63) is 28.8 Å². The molecule has 0 fully saturated rings. The molecule has 17 heavy (non-hydrogen) atoms. The topological polar surface area (TPSA) is 44.5 Å². The lowest BCUT2D eigenvalue weighted by Gasteiger charge is -2.21. The third kappa shape index (κ3) is 3.45. The largest absolute Gasteiger partial charge is 0.496 e. The Morgan fingerprint density at radius 3 is 2.41 bits per heavy atom. The number of ether oxygens (including phenoxy) is 2. The molecule has 0 aliphatic carbocycles. The normalized spacial score (nSPS) is 14.5. The summed E-state index contributed by atoms with van der Waals surface area (Å²) in [7, 11) is 3.39. The molecule has 2 unspecified atom stereocenters. The van der Waals surface area contributed by atoms with E-state index in [0.717, 1.165) is 17.7 Å². The van der Waals surface area contributed by atoms with Gasteiger partial charge in [-0.2, -0.15) is 0 Å². The fraction of sp³-hybridized carbons (Fsp3) is 0.571. The monoisotopic (exact) mass is 237 g/mol. The van der Waals surface area contributed by atoms with E-state index < -0.39 is 0 Å². The van der Waals surface area contributed by atoms with Crippen molar-refractivity contribution in [2.24, 2.45) is 5.73 Å². The zero-order valence-electron chi connectivity index (χ0n) is 11.4. The van der Waals surface area contributed by atoms with E-state index in [2.05, 4.69) is 19.9 Å². The van der Waals surface area contributed by atoms with Crippen LogP contribution in [0.25, 0.3) is 0 Å². The molecule has 3 nitrogen and oxygen atoms in total. The third-order valence-corrected chi connectivity index (χ3v) is 3.07. The minimum atomic E-state index is -0.0551. The van der Waals surface area contributed by atoms with Crippen molar-refractivity contribution in [3.63, 3.8) is 0 Å². The molecule has 1 rings (SSSR count). The van der Waals surface area contributed by atoms with Crippen LogP contribution in [-0.4, -0.2) is 20.3 Å². The van der Waals surface area contributed by atoms with E-state index in [1.54, 1.807) is 14.2 Å². The number of aryl methyl sites for hydroxylation is 2. The van der Waals surface area contributed by atoms with Crippen LogP contribution < -0.4 is 10.5 Å². The second-order valence-corrected chi connectivity index (χ2v) is 4.59. The first-order valence-electron chi connectivity index (χ1n) is 5.93. The second kappa shape index (κ2) is 6.03. The van der Waals surface area contributed by atoms with E-state index in [4.69, 9.17) is 15.2 Å². The lowest BCUT2D eigenvalue weighted by molar-refractivity contribution is 0.104. The van der Waals surface area contributed by atoms with Gasteiger partial charge in [-0.05, 0) is 44.4 Å². The average molecular weight is 237 g/mol. The van der Waals surface area contributed by atoms with E-state index in [-0.39, 0.29) is 12.1 Å². The van der Waals surface area contributed by atoms with E-state index in [0.29, 0.717) is 0 Å². The van der Waals surface area contributed by atoms with Crippen molar-refractivity contribution in [1.82, 2.24) is 0 Å². The Morgan fingerprint density at radius 2 is 1.88 bits per heavy atom. The molecule has 0 radical (unpaired) electrons. The Morgan fingerprint density at radius 1 is 1.24 bits per heavy atom. The first kappa shape index (κ1) is 14.0. The summed E-state index contributed by atoms with van der Waals surface area (Å²) in [6, 6.07) is 4.11. The highest BCUT2D eigenvalue weighted by Gasteiger charge is 2.17. The molecule has 0 saturated heterocycles. The Balaban J connectivity index is 3.03. The molecule has 1 aromatic rings. The molecule has 2 atom stereocenters. The van der Waals surface area contributed by atoms with Gasteiger partial charge in [-0.25, -0.2) is 0 Å². The van der Waals surface area contributed by atoms with Gasteiger partial charge in [0.25, 0.3) is 0 Å². The van der Waals surface area contributed by atoms with Gasteiger partial charge in [0.2, 0.25) is 0 Å². The molecular weight excluding hydrogens is 214 g/mol. The van der Waals surface area contributed by atoms with Crippen LogP contribution >= 0.6 is 0 Å². The summed E-state index contributed by atoms with van der Waals surface area (Å²) in [6.07, 6.45) is 0.937. The van der Waals surface area contributed by atoms with Crippen molar-refractivity contribution in [2.45, 2.75) is 39.3 Å². The molecule has 0 bridgehead atoms. The van der Waals surface area contributed by atoms with Crippen LogP contribution in [0.4, 0.5) is 0 Å². The molecular formula is C14H23NO2. The smallest absolute Gasteiger partial charge is 0.124 e. The highest BCUT2D eigenvalue weighted by atomic mass is 16.5. The molecule has 2 N–H and O–H groups in total. The molecule has 0 amide bonds. The zero-order chi connectivity index (χ0) is 13.0. The maximum Gasteiger partial charge on any atom is 0.124 e. The van der Waals surface area contributed by atoms with E-state index in [1.165, 1.54) is 11.1 Å². The summed E-state index contributed by atoms with van der Waals surface area (Å²) in [5.74, 6) is 0.873. The Hall–Kier alpha value is -1.06. The summed E-state index contributed by atoms with van der Waals surface area (Å²) in [5, 5.41) is 0. The van der Waals surface area contributed by atoms with Gasteiger partial charge in [-0.15, -0.1) is 0 Å². The van der Waals surface area contributed by atoms with Crippen LogP contribution in [0, 0.1) is 13.8 Å². The van der Waals surface area contributed by atoms with Crippen molar-refractivity contribution in [2.75, 3.05) is 14.2 Å². The van der Waals surface area contributed by atoms with Gasteiger partial charge >= 0.3 is 0 Å². The molecule has 96 valence electrons. The molecule has 3 heteroatoms. The maximum absolute atomic E-state index is 6.24. The highest BCUT2D eigenvalue weighted by Crippen LogP contribution is 2.31. The standard InChI is InChI=1S/C14H23NO2/c1-9-6-10(2)14(13(7-9)17-5)12(15)8-11(3)16-4/h6-7,11-12H,8,15H2,1-5H3. The van der Waals surface area contributed by atoms with Gasteiger partial charge < -0.3 is 15.2 Å². The lowest BCUT2D eigenvalue weighted by Crippen LogP contribution is -2.19. The molecule has 0 spiro atoms. The van der Waals surface area contributed by atoms with Gasteiger partial charge in [0, 0.05) is 18.7 Å². The third-order valence-electron chi connectivity index (χ3n) is 3.07. The van der Waals surface area contributed by atoms with Gasteiger partial charge in [-0.1, -0.05) is 6.07 Å². The molecule has 0 aliphatic rings. The van der Waals surface area contributed by atoms with Gasteiger partial charge in [0.05, 0.1) is 13.2 Å². The fourth-order valence-corrected chi connectivity index (χ4v) is 2.16. The van der Waals surface area contributed by atoms with Crippen LogP contribution in [0.15, 0.2) is 12.1 Å². The van der Waals surface area contributed by atoms with Gasteiger partial charge in [0.1, 0.15) is 5.75 Å². The first-order chi connectivity index (χ1) is 7.99. The van der Waals surface area contributed by atoms with Crippen molar-refractivity contribution >= 4 is 0 Å². The molecule has 0 aliphatic heterocycles. The Bertz CT molecular complexity index is 377. The van der Waals surface area contributed by atoms with Gasteiger partial charge in [0.15, 0.2) is 0 Å². The number of benzene rings is 1. The Kier molecular flexibility index (Phi) is 4.97. The van der Waals surface area contributed by atoms with Crippen LogP contribution in [0.1, 0.15) is 36.1 Å². The van der Waals surface area contributed by atoms with Crippen LogP contribution in [-0.2, 0) is 4.74 Å². The predicted octanol–water partition coefficient (Wildman–Crippen LogP) is 2.74. The van der Waals surface area contributed by atoms with E-state index in [9.17, 15) is 0 Å². The number of rotatable bonds is 5. The molecule has 0 aromatic heterocycles. The molecule has 0 saturated carbocycles. The van der Waals surface area contributed by atoms with E-state index >= 15 is 0 Å². The van der Waals surface area contributed by atoms with Crippen molar-refractivity contribution < 1.29 is 9.47 Å².